The molecule has 2 aliphatic heterocycles. The number of hydrogen-bond acceptors (Lipinski definition) is 3. The van der Waals surface area contributed by atoms with Gasteiger partial charge in [0.05, 0.1) is 18.6 Å². The van der Waals surface area contributed by atoms with Gasteiger partial charge in [0.1, 0.15) is 0 Å². The van der Waals surface area contributed by atoms with E-state index in [0.717, 1.165) is 0 Å². The predicted octanol–water partition coefficient (Wildman–Crippen LogP) is 1.59. The minimum Gasteiger partial charge on any atom is -0.461 e. The molecule has 3 heteroatoms. The van der Waals surface area contributed by atoms with E-state index in [1.165, 1.54) is 6.26 Å². The molecule has 1 unspecified atom stereocenters. The maximum Gasteiger partial charge on any atom is 0.169 e. The molecule has 0 aromatic rings. The van der Waals surface area contributed by atoms with Gasteiger partial charge in [-0.05, 0) is 25.2 Å². The highest BCUT2D eigenvalue weighted by Gasteiger charge is 2.17. The molecule has 0 saturated heterocycles. The number of rotatable bonds is 1. The van der Waals surface area contributed by atoms with Gasteiger partial charge in [0.25, 0.3) is 0 Å². The highest BCUT2D eigenvalue weighted by molar-refractivity contribution is 5.38. The van der Waals surface area contributed by atoms with E-state index >= 15 is 0 Å². The van der Waals surface area contributed by atoms with E-state index in [-0.39, 0.29) is 0 Å². The second kappa shape index (κ2) is 3.11. The van der Waals surface area contributed by atoms with Crippen molar-refractivity contribution < 1.29 is 14.6 Å². The van der Waals surface area contributed by atoms with Gasteiger partial charge in [-0.1, -0.05) is 0 Å². The van der Waals surface area contributed by atoms with Crippen molar-refractivity contribution in [3.63, 3.8) is 0 Å². The summed E-state index contributed by atoms with van der Waals surface area (Å²) in [5, 5.41) is 9.28. The first-order chi connectivity index (χ1) is 6.27. The Morgan fingerprint density at radius 3 is 2.92 bits per heavy atom. The third kappa shape index (κ3) is 1.51. The molecule has 0 aliphatic carbocycles. The normalized spacial score (nSPS) is 21.5. The van der Waals surface area contributed by atoms with Crippen LogP contribution in [0.5, 0.6) is 0 Å². The molecule has 2 aliphatic rings. The molecule has 0 saturated carbocycles. The van der Waals surface area contributed by atoms with E-state index in [1.54, 1.807) is 25.3 Å². The van der Waals surface area contributed by atoms with E-state index in [1.807, 2.05) is 6.08 Å². The topological polar surface area (TPSA) is 38.7 Å². The van der Waals surface area contributed by atoms with Gasteiger partial charge in [0.2, 0.25) is 0 Å². The second-order valence-corrected chi connectivity index (χ2v) is 2.90. The minimum absolute atomic E-state index is 0.538. The first kappa shape index (κ1) is 8.13. The van der Waals surface area contributed by atoms with Crippen molar-refractivity contribution in [3.8, 4) is 0 Å². The quantitative estimate of drug-likeness (QED) is 0.662. The summed E-state index contributed by atoms with van der Waals surface area (Å²) in [6.45, 7) is 1.68. The molecule has 0 spiro atoms. The van der Waals surface area contributed by atoms with Crippen molar-refractivity contribution in [3.05, 3.63) is 47.8 Å². The zero-order valence-corrected chi connectivity index (χ0v) is 7.23. The fraction of sp³-hybridized carbons (Fsp3) is 0.200. The van der Waals surface area contributed by atoms with Crippen LogP contribution in [0.1, 0.15) is 6.92 Å². The SMILES string of the molecule is CC(O)C1=COC2=CC=COC2=C1. The maximum atomic E-state index is 9.28. The Bertz CT molecular complexity index is 332. The van der Waals surface area contributed by atoms with Crippen molar-refractivity contribution >= 4 is 0 Å². The largest absolute Gasteiger partial charge is 0.461 e. The van der Waals surface area contributed by atoms with Crippen LogP contribution < -0.4 is 0 Å². The Balaban J connectivity index is 2.27. The summed E-state index contributed by atoms with van der Waals surface area (Å²) in [5.74, 6) is 1.31. The molecule has 0 aromatic carbocycles. The molecule has 0 bridgehead atoms. The van der Waals surface area contributed by atoms with Gasteiger partial charge in [-0.2, -0.15) is 0 Å². The lowest BCUT2D eigenvalue weighted by Crippen LogP contribution is -2.10. The van der Waals surface area contributed by atoms with E-state index < -0.39 is 6.10 Å². The summed E-state index contributed by atoms with van der Waals surface area (Å²) in [7, 11) is 0. The highest BCUT2D eigenvalue weighted by atomic mass is 16.5. The highest BCUT2D eigenvalue weighted by Crippen LogP contribution is 2.25. The molecule has 3 nitrogen and oxygen atoms in total. The molecule has 1 N–H and O–H groups in total. The van der Waals surface area contributed by atoms with Crippen LogP contribution in [0.25, 0.3) is 0 Å². The standard InChI is InChI=1S/C10H10O3/c1-7(11)8-5-10-9(13-6-8)3-2-4-12-10/h2-7,11H,1H3. The number of allylic oxidation sites excluding steroid dienone is 2. The van der Waals surface area contributed by atoms with Crippen LogP contribution in [0.15, 0.2) is 47.8 Å². The molecule has 0 radical (unpaired) electrons. The molecule has 2 rings (SSSR count). The lowest BCUT2D eigenvalue weighted by atomic mass is 10.1. The van der Waals surface area contributed by atoms with E-state index in [4.69, 9.17) is 9.47 Å². The van der Waals surface area contributed by atoms with Crippen LogP contribution in [0, 0.1) is 0 Å². The second-order valence-electron chi connectivity index (χ2n) is 2.90. The molecule has 1 atom stereocenters. The van der Waals surface area contributed by atoms with Gasteiger partial charge in [0, 0.05) is 5.57 Å². The first-order valence-electron chi connectivity index (χ1n) is 4.08. The van der Waals surface area contributed by atoms with Gasteiger partial charge in [-0.25, -0.2) is 0 Å². The smallest absolute Gasteiger partial charge is 0.169 e. The molecular weight excluding hydrogens is 168 g/mol. The molecule has 0 fully saturated rings. The predicted molar refractivity (Wildman–Crippen MR) is 47.2 cm³/mol. The Hall–Kier alpha value is -1.48. The first-order valence-corrected chi connectivity index (χ1v) is 4.08. The fourth-order valence-corrected chi connectivity index (χ4v) is 1.12. The average Bonchev–Trinajstić information content (AvgIpc) is 2.17. The Kier molecular flexibility index (Phi) is 1.94. The molecular formula is C10H10O3. The van der Waals surface area contributed by atoms with Crippen molar-refractivity contribution in [2.75, 3.05) is 0 Å². The van der Waals surface area contributed by atoms with Crippen molar-refractivity contribution in [2.45, 2.75) is 13.0 Å². The summed E-state index contributed by atoms with van der Waals surface area (Å²) in [4.78, 5) is 0. The van der Waals surface area contributed by atoms with Crippen LogP contribution >= 0.6 is 0 Å². The zero-order chi connectivity index (χ0) is 9.26. The Labute approximate surface area is 76.3 Å². The minimum atomic E-state index is -0.538. The fourth-order valence-electron chi connectivity index (χ4n) is 1.12. The lowest BCUT2D eigenvalue weighted by molar-refractivity contribution is 0.213. The van der Waals surface area contributed by atoms with Crippen LogP contribution in [0.3, 0.4) is 0 Å². The Morgan fingerprint density at radius 2 is 2.15 bits per heavy atom. The van der Waals surface area contributed by atoms with Gasteiger partial charge >= 0.3 is 0 Å². The number of aliphatic hydroxyl groups is 1. The van der Waals surface area contributed by atoms with Crippen LogP contribution in [0.4, 0.5) is 0 Å². The molecule has 0 aromatic heterocycles. The third-order valence-corrected chi connectivity index (χ3v) is 1.87. The number of fused-ring (bicyclic) bond motifs is 1. The van der Waals surface area contributed by atoms with Crippen molar-refractivity contribution in [1.29, 1.82) is 0 Å². The average molecular weight is 178 g/mol. The molecule has 0 amide bonds. The van der Waals surface area contributed by atoms with E-state index in [0.29, 0.717) is 17.1 Å². The van der Waals surface area contributed by atoms with Gasteiger partial charge in [0.15, 0.2) is 11.5 Å². The summed E-state index contributed by atoms with van der Waals surface area (Å²) in [6.07, 6.45) is 7.90. The van der Waals surface area contributed by atoms with Gasteiger partial charge in [-0.3, -0.25) is 0 Å². The summed E-state index contributed by atoms with van der Waals surface area (Å²) >= 11 is 0. The van der Waals surface area contributed by atoms with E-state index in [9.17, 15) is 5.11 Å². The van der Waals surface area contributed by atoms with Gasteiger partial charge < -0.3 is 14.6 Å². The molecule has 68 valence electrons. The number of hydrogen-bond donors (Lipinski definition) is 1. The zero-order valence-electron chi connectivity index (χ0n) is 7.23. The third-order valence-electron chi connectivity index (χ3n) is 1.87. The van der Waals surface area contributed by atoms with Crippen molar-refractivity contribution in [2.24, 2.45) is 0 Å². The van der Waals surface area contributed by atoms with Crippen molar-refractivity contribution in [1.82, 2.24) is 0 Å². The summed E-state index contributed by atoms with van der Waals surface area (Å²) in [6, 6.07) is 0. The summed E-state index contributed by atoms with van der Waals surface area (Å²) < 4.78 is 10.4. The Morgan fingerprint density at radius 1 is 1.31 bits per heavy atom. The van der Waals surface area contributed by atoms with Gasteiger partial charge in [-0.15, -0.1) is 0 Å². The van der Waals surface area contributed by atoms with Crippen LogP contribution in [-0.2, 0) is 9.47 Å². The molecule has 2 heterocycles. The number of aliphatic hydroxyl groups excluding tert-OH is 1. The van der Waals surface area contributed by atoms with Crippen LogP contribution in [-0.4, -0.2) is 11.2 Å². The molecule has 13 heavy (non-hydrogen) atoms. The van der Waals surface area contributed by atoms with Crippen LogP contribution in [0.2, 0.25) is 0 Å². The summed E-state index contributed by atoms with van der Waals surface area (Å²) in [5.41, 5.74) is 0.711. The van der Waals surface area contributed by atoms with E-state index in [2.05, 4.69) is 0 Å². The lowest BCUT2D eigenvalue weighted by Gasteiger charge is -2.19. The number of ether oxygens (including phenoxy) is 2. The monoisotopic (exact) mass is 178 g/mol. The maximum absolute atomic E-state index is 9.28.